The second-order valence-corrected chi connectivity index (χ2v) is 15.2. The molecule has 9 aromatic carbocycles. The summed E-state index contributed by atoms with van der Waals surface area (Å²) in [6.07, 6.45) is 0. The van der Waals surface area contributed by atoms with Crippen LogP contribution in [0.4, 0.5) is 17.1 Å². The summed E-state index contributed by atoms with van der Waals surface area (Å²) >= 11 is 1.88. The van der Waals surface area contributed by atoms with Gasteiger partial charge < -0.3 is 9.47 Å². The zero-order chi connectivity index (χ0) is 36.3. The minimum Gasteiger partial charge on any atom is -0.310 e. The van der Waals surface area contributed by atoms with Crippen LogP contribution < -0.4 is 4.90 Å². The molecule has 0 aliphatic heterocycles. The van der Waals surface area contributed by atoms with E-state index in [9.17, 15) is 0 Å². The average Bonchev–Trinajstić information content (AvgIpc) is 3.81. The van der Waals surface area contributed by atoms with Gasteiger partial charge in [0.15, 0.2) is 0 Å². The molecule has 0 saturated carbocycles. The van der Waals surface area contributed by atoms with Gasteiger partial charge in [0.1, 0.15) is 0 Å². The predicted octanol–water partition coefficient (Wildman–Crippen LogP) is 15.1. The highest BCUT2D eigenvalue weighted by Crippen LogP contribution is 2.46. The van der Waals surface area contributed by atoms with Gasteiger partial charge in [-0.15, -0.1) is 11.3 Å². The summed E-state index contributed by atoms with van der Waals surface area (Å²) in [5.74, 6) is 0. The molecule has 2 nitrogen and oxygen atoms in total. The standard InChI is InChI=1S/C52H34N2S/c1-2-13-37-34-38(25-24-35(37)12-1)36-26-28-39(29-27-36)53(40-30-32-41(33-31-40)54-49-21-8-3-14-42(49)43-15-4-9-22-50(43)54)48-20-7-5-16-44(48)46-18-11-19-47-45-17-6-10-23-51(45)55-52(46)47/h1-34H. The number of nitrogens with zero attached hydrogens (tertiary/aromatic N) is 2. The third-order valence-corrected chi connectivity index (χ3v) is 12.2. The molecule has 0 bridgehead atoms. The summed E-state index contributed by atoms with van der Waals surface area (Å²) in [5, 5.41) is 7.64. The number of thiophene rings is 1. The monoisotopic (exact) mass is 718 g/mol. The number of hydrogen-bond donors (Lipinski definition) is 0. The van der Waals surface area contributed by atoms with Crippen molar-refractivity contribution in [3.63, 3.8) is 0 Å². The highest BCUT2D eigenvalue weighted by molar-refractivity contribution is 7.26. The van der Waals surface area contributed by atoms with Crippen LogP contribution in [0.3, 0.4) is 0 Å². The van der Waals surface area contributed by atoms with Crippen LogP contribution in [-0.2, 0) is 0 Å². The lowest BCUT2D eigenvalue weighted by molar-refractivity contribution is 1.17. The van der Waals surface area contributed by atoms with Gasteiger partial charge in [0.05, 0.1) is 16.7 Å². The molecule has 0 radical (unpaired) electrons. The Kier molecular flexibility index (Phi) is 7.39. The summed E-state index contributed by atoms with van der Waals surface area (Å²) in [5.41, 5.74) is 11.7. The van der Waals surface area contributed by atoms with Gasteiger partial charge in [-0.25, -0.2) is 0 Å². The normalized spacial score (nSPS) is 11.6. The molecule has 0 N–H and O–H groups in total. The average molecular weight is 719 g/mol. The Bertz CT molecular complexity index is 3150. The third kappa shape index (κ3) is 5.24. The molecule has 0 amide bonds. The Morgan fingerprint density at radius 2 is 0.945 bits per heavy atom. The zero-order valence-electron chi connectivity index (χ0n) is 29.9. The van der Waals surface area contributed by atoms with Crippen molar-refractivity contribution in [3.05, 3.63) is 206 Å². The molecule has 0 aliphatic rings. The molecule has 11 aromatic rings. The molecule has 55 heavy (non-hydrogen) atoms. The maximum atomic E-state index is 2.42. The first-order valence-corrected chi connectivity index (χ1v) is 19.6. The largest absolute Gasteiger partial charge is 0.310 e. The number of para-hydroxylation sites is 3. The van der Waals surface area contributed by atoms with Gasteiger partial charge in [-0.2, -0.15) is 0 Å². The van der Waals surface area contributed by atoms with E-state index < -0.39 is 0 Å². The number of rotatable bonds is 6. The summed E-state index contributed by atoms with van der Waals surface area (Å²) < 4.78 is 5.00. The molecule has 11 rings (SSSR count). The van der Waals surface area contributed by atoms with Crippen LogP contribution >= 0.6 is 11.3 Å². The van der Waals surface area contributed by atoms with Gasteiger partial charge in [-0.1, -0.05) is 140 Å². The Morgan fingerprint density at radius 3 is 1.71 bits per heavy atom. The van der Waals surface area contributed by atoms with Crippen LogP contribution in [0.1, 0.15) is 0 Å². The van der Waals surface area contributed by atoms with Gasteiger partial charge in [0, 0.05) is 59.1 Å². The van der Waals surface area contributed by atoms with Crippen molar-refractivity contribution in [1.29, 1.82) is 0 Å². The maximum absolute atomic E-state index is 2.42. The van der Waals surface area contributed by atoms with E-state index in [1.54, 1.807) is 0 Å². The topological polar surface area (TPSA) is 8.17 Å². The van der Waals surface area contributed by atoms with Gasteiger partial charge >= 0.3 is 0 Å². The fraction of sp³-hybridized carbons (Fsp3) is 0. The van der Waals surface area contributed by atoms with Crippen molar-refractivity contribution in [3.8, 4) is 27.9 Å². The van der Waals surface area contributed by atoms with Crippen molar-refractivity contribution in [2.45, 2.75) is 0 Å². The van der Waals surface area contributed by atoms with E-state index in [1.807, 2.05) is 11.3 Å². The molecule has 2 aromatic heterocycles. The molecule has 0 atom stereocenters. The Hall–Kier alpha value is -6.94. The molecule has 258 valence electrons. The maximum Gasteiger partial charge on any atom is 0.0541 e. The first kappa shape index (κ1) is 31.6. The Morgan fingerprint density at radius 1 is 0.382 bits per heavy atom. The molecule has 0 saturated heterocycles. The highest BCUT2D eigenvalue weighted by Gasteiger charge is 2.20. The summed E-state index contributed by atoms with van der Waals surface area (Å²) in [4.78, 5) is 2.42. The molecule has 2 heterocycles. The molecule has 0 spiro atoms. The minimum atomic E-state index is 1.10. The zero-order valence-corrected chi connectivity index (χ0v) is 30.7. The van der Waals surface area contributed by atoms with Crippen molar-refractivity contribution in [2.75, 3.05) is 4.90 Å². The molecule has 0 aliphatic carbocycles. The van der Waals surface area contributed by atoms with E-state index in [2.05, 4.69) is 216 Å². The highest BCUT2D eigenvalue weighted by atomic mass is 32.1. The summed E-state index contributed by atoms with van der Waals surface area (Å²) in [6.45, 7) is 0. The van der Waals surface area contributed by atoms with E-state index in [1.165, 1.54) is 75.0 Å². The van der Waals surface area contributed by atoms with Gasteiger partial charge in [0.25, 0.3) is 0 Å². The second-order valence-electron chi connectivity index (χ2n) is 14.1. The van der Waals surface area contributed by atoms with Crippen LogP contribution in [-0.4, -0.2) is 4.57 Å². The lowest BCUT2D eigenvalue weighted by Gasteiger charge is -2.28. The smallest absolute Gasteiger partial charge is 0.0541 e. The van der Waals surface area contributed by atoms with Gasteiger partial charge in [0.2, 0.25) is 0 Å². The molecular weight excluding hydrogens is 685 g/mol. The van der Waals surface area contributed by atoms with Crippen molar-refractivity contribution < 1.29 is 0 Å². The number of anilines is 3. The summed E-state index contributed by atoms with van der Waals surface area (Å²) in [7, 11) is 0. The molecule has 0 unspecified atom stereocenters. The third-order valence-electron chi connectivity index (χ3n) is 11.0. The lowest BCUT2D eigenvalue weighted by atomic mass is 9.99. The minimum absolute atomic E-state index is 1.10. The van der Waals surface area contributed by atoms with E-state index >= 15 is 0 Å². The van der Waals surface area contributed by atoms with E-state index in [0.717, 1.165) is 22.7 Å². The molecule has 3 heteroatoms. The van der Waals surface area contributed by atoms with Gasteiger partial charge in [-0.05, 0) is 88.6 Å². The van der Waals surface area contributed by atoms with Crippen LogP contribution in [0.25, 0.3) is 80.7 Å². The van der Waals surface area contributed by atoms with E-state index in [0.29, 0.717) is 0 Å². The van der Waals surface area contributed by atoms with Crippen molar-refractivity contribution >= 4 is 81.1 Å². The van der Waals surface area contributed by atoms with Crippen LogP contribution in [0, 0.1) is 0 Å². The number of hydrogen-bond acceptors (Lipinski definition) is 2. The molecule has 0 fully saturated rings. The van der Waals surface area contributed by atoms with Gasteiger partial charge in [-0.3, -0.25) is 0 Å². The fourth-order valence-corrected chi connectivity index (χ4v) is 9.64. The van der Waals surface area contributed by atoms with Crippen LogP contribution in [0.5, 0.6) is 0 Å². The van der Waals surface area contributed by atoms with Crippen molar-refractivity contribution in [1.82, 2.24) is 4.57 Å². The number of fused-ring (bicyclic) bond motifs is 7. The van der Waals surface area contributed by atoms with Crippen LogP contribution in [0.15, 0.2) is 206 Å². The second kappa shape index (κ2) is 12.9. The predicted molar refractivity (Wildman–Crippen MR) is 237 cm³/mol. The summed E-state index contributed by atoms with van der Waals surface area (Å²) in [6, 6.07) is 75.2. The fourth-order valence-electron chi connectivity index (χ4n) is 8.41. The SMILES string of the molecule is c1ccc(N(c2ccc(-c3ccc4ccccc4c3)cc2)c2ccc(-n3c4ccccc4c4ccccc43)cc2)c(-c2cccc3c2sc2ccccc23)c1. The van der Waals surface area contributed by atoms with Crippen LogP contribution in [0.2, 0.25) is 0 Å². The first-order chi connectivity index (χ1) is 27.3. The van der Waals surface area contributed by atoms with Crippen molar-refractivity contribution in [2.24, 2.45) is 0 Å². The Labute approximate surface area is 323 Å². The first-order valence-electron chi connectivity index (χ1n) is 18.8. The van der Waals surface area contributed by atoms with E-state index in [4.69, 9.17) is 0 Å². The molecular formula is C52H34N2S. The van der Waals surface area contributed by atoms with E-state index in [-0.39, 0.29) is 0 Å². The number of aromatic nitrogens is 1. The number of benzene rings is 9. The Balaban J connectivity index is 1.08. The lowest BCUT2D eigenvalue weighted by Crippen LogP contribution is -2.11. The quantitative estimate of drug-likeness (QED) is 0.166.